The van der Waals surface area contributed by atoms with Crippen molar-refractivity contribution in [3.05, 3.63) is 47.6 Å². The molecule has 1 aromatic heterocycles. The van der Waals surface area contributed by atoms with Crippen molar-refractivity contribution < 1.29 is 9.32 Å². The number of likely N-dealkylation sites (N-methyl/N-ethyl adjacent to an activating group) is 1. The van der Waals surface area contributed by atoms with Gasteiger partial charge >= 0.3 is 0 Å². The Bertz CT molecular complexity index is 700. The van der Waals surface area contributed by atoms with Gasteiger partial charge in [0.1, 0.15) is 6.04 Å². The zero-order valence-corrected chi connectivity index (χ0v) is 15.2. The smallest absolute Gasteiger partial charge is 0.244 e. The number of likely N-dealkylation sites (tertiary alicyclic amines) is 1. The van der Waals surface area contributed by atoms with Crippen LogP contribution in [0.1, 0.15) is 49.0 Å². The van der Waals surface area contributed by atoms with Crippen LogP contribution in [0.3, 0.4) is 0 Å². The van der Waals surface area contributed by atoms with Crippen molar-refractivity contribution in [1.29, 1.82) is 0 Å². The van der Waals surface area contributed by atoms with Gasteiger partial charge in [-0.05, 0) is 32.0 Å². The van der Waals surface area contributed by atoms with Crippen LogP contribution in [0, 0.1) is 6.92 Å². The highest BCUT2D eigenvalue weighted by Crippen LogP contribution is 2.29. The highest BCUT2D eigenvalue weighted by molar-refractivity contribution is 5.83. The van der Waals surface area contributed by atoms with Crippen LogP contribution in [0.25, 0.3) is 0 Å². The van der Waals surface area contributed by atoms with Crippen LogP contribution >= 0.6 is 0 Å². The van der Waals surface area contributed by atoms with Crippen molar-refractivity contribution in [2.24, 2.45) is 0 Å². The molecule has 0 radical (unpaired) electrons. The summed E-state index contributed by atoms with van der Waals surface area (Å²) in [7, 11) is 2.00. The lowest BCUT2D eigenvalue weighted by Crippen LogP contribution is -2.45. The highest BCUT2D eigenvalue weighted by Gasteiger charge is 2.33. The van der Waals surface area contributed by atoms with Crippen LogP contribution < -0.4 is 0 Å². The van der Waals surface area contributed by atoms with E-state index in [9.17, 15) is 4.79 Å². The fourth-order valence-corrected chi connectivity index (χ4v) is 3.45. The van der Waals surface area contributed by atoms with Crippen molar-refractivity contribution in [3.8, 4) is 0 Å². The summed E-state index contributed by atoms with van der Waals surface area (Å²) >= 11 is 0. The normalized spacial score (nSPS) is 19.2. The van der Waals surface area contributed by atoms with Gasteiger partial charge in [0.25, 0.3) is 0 Å². The van der Waals surface area contributed by atoms with Crippen LogP contribution in [-0.2, 0) is 4.79 Å². The van der Waals surface area contributed by atoms with Crippen LogP contribution in [0.4, 0.5) is 0 Å². The Hall–Kier alpha value is -2.21. The van der Waals surface area contributed by atoms with Gasteiger partial charge in [0.15, 0.2) is 5.82 Å². The fraction of sp³-hybridized carbons (Fsp3) is 0.526. The molecule has 0 spiro atoms. The molecular formula is C19H26N4O2. The molecule has 6 heteroatoms. The van der Waals surface area contributed by atoms with Crippen molar-refractivity contribution in [2.75, 3.05) is 26.7 Å². The molecule has 1 aromatic carbocycles. The predicted octanol–water partition coefficient (Wildman–Crippen LogP) is 2.78. The number of nitrogens with zero attached hydrogens (tertiary/aromatic N) is 4. The maximum atomic E-state index is 13.3. The zero-order valence-electron chi connectivity index (χ0n) is 15.2. The Morgan fingerprint density at radius 2 is 2.16 bits per heavy atom. The summed E-state index contributed by atoms with van der Waals surface area (Å²) in [4.78, 5) is 21.7. The minimum atomic E-state index is -0.253. The summed E-state index contributed by atoms with van der Waals surface area (Å²) in [5.74, 6) is 1.60. The highest BCUT2D eigenvalue weighted by atomic mass is 16.5. The molecule has 2 atom stereocenters. The molecule has 25 heavy (non-hydrogen) atoms. The van der Waals surface area contributed by atoms with Gasteiger partial charge < -0.3 is 9.42 Å². The first kappa shape index (κ1) is 17.6. The van der Waals surface area contributed by atoms with Crippen LogP contribution in [0.15, 0.2) is 34.9 Å². The number of benzene rings is 1. The van der Waals surface area contributed by atoms with E-state index in [4.69, 9.17) is 4.52 Å². The molecule has 1 fully saturated rings. The second-order valence-corrected chi connectivity index (χ2v) is 6.68. The molecule has 2 aromatic rings. The van der Waals surface area contributed by atoms with Gasteiger partial charge in [-0.1, -0.05) is 42.4 Å². The minimum Gasteiger partial charge on any atom is -0.340 e. The Balaban J connectivity index is 1.79. The lowest BCUT2D eigenvalue weighted by atomic mass is 9.95. The Morgan fingerprint density at radius 3 is 2.80 bits per heavy atom. The molecule has 0 aliphatic carbocycles. The number of aryl methyl sites for hydroxylation is 1. The number of hydrogen-bond acceptors (Lipinski definition) is 5. The first-order valence-corrected chi connectivity index (χ1v) is 8.94. The Kier molecular flexibility index (Phi) is 5.48. The summed E-state index contributed by atoms with van der Waals surface area (Å²) in [6.45, 7) is 6.12. The minimum absolute atomic E-state index is 0.151. The van der Waals surface area contributed by atoms with Gasteiger partial charge in [0.05, 0.1) is 0 Å². The molecule has 134 valence electrons. The van der Waals surface area contributed by atoms with Crippen LogP contribution in [0.2, 0.25) is 0 Å². The summed E-state index contributed by atoms with van der Waals surface area (Å²) in [6, 6.07) is 9.75. The van der Waals surface area contributed by atoms with E-state index in [1.54, 1.807) is 6.92 Å². The lowest BCUT2D eigenvalue weighted by Gasteiger charge is -2.36. The molecule has 0 N–H and O–H groups in total. The van der Waals surface area contributed by atoms with E-state index >= 15 is 0 Å². The average Bonchev–Trinajstić information content (AvgIpc) is 3.09. The third-order valence-corrected chi connectivity index (χ3v) is 4.93. The topological polar surface area (TPSA) is 62.5 Å². The molecule has 0 bridgehead atoms. The van der Waals surface area contributed by atoms with Gasteiger partial charge in [-0.15, -0.1) is 0 Å². The molecule has 6 nitrogen and oxygen atoms in total. The van der Waals surface area contributed by atoms with Gasteiger partial charge in [0.2, 0.25) is 11.8 Å². The molecule has 1 aliphatic heterocycles. The molecule has 1 amide bonds. The van der Waals surface area contributed by atoms with E-state index in [2.05, 4.69) is 22.0 Å². The third kappa shape index (κ3) is 3.90. The number of rotatable bonds is 5. The standard InChI is InChI=1S/C19H26N4O2/c1-4-22(3)17(15-9-6-5-7-10-15)19(24)23-12-8-11-16(13-23)18-20-14(2)25-21-18/h5-7,9-10,16-17H,4,8,11-13H2,1-3H3/t16-,17+/m1/s1. The van der Waals surface area contributed by atoms with Gasteiger partial charge in [0, 0.05) is 25.9 Å². The number of carbonyl (C=O) groups excluding carboxylic acids is 1. The SMILES string of the molecule is CCN(C)[C@H](C(=O)N1CCC[C@@H](c2noc(C)n2)C1)c1ccccc1. The van der Waals surface area contributed by atoms with Crippen molar-refractivity contribution >= 4 is 5.91 Å². The van der Waals surface area contributed by atoms with Crippen molar-refractivity contribution in [3.63, 3.8) is 0 Å². The number of hydrogen-bond donors (Lipinski definition) is 0. The number of piperidine rings is 1. The van der Waals surface area contributed by atoms with Gasteiger partial charge in [-0.2, -0.15) is 4.98 Å². The first-order chi connectivity index (χ1) is 12.1. The van der Waals surface area contributed by atoms with E-state index < -0.39 is 0 Å². The summed E-state index contributed by atoms with van der Waals surface area (Å²) in [5, 5.41) is 4.05. The van der Waals surface area contributed by atoms with Crippen molar-refractivity contribution in [1.82, 2.24) is 19.9 Å². The molecule has 1 aliphatic rings. The van der Waals surface area contributed by atoms with E-state index in [0.29, 0.717) is 12.4 Å². The Labute approximate surface area is 148 Å². The second kappa shape index (κ2) is 7.78. The van der Waals surface area contributed by atoms with E-state index in [0.717, 1.165) is 37.3 Å². The average molecular weight is 342 g/mol. The summed E-state index contributed by atoms with van der Waals surface area (Å²) in [5.41, 5.74) is 1.04. The van der Waals surface area contributed by atoms with E-state index in [1.807, 2.05) is 42.3 Å². The summed E-state index contributed by atoms with van der Waals surface area (Å²) in [6.07, 6.45) is 1.95. The van der Waals surface area contributed by atoms with Crippen LogP contribution in [-0.4, -0.2) is 52.5 Å². The van der Waals surface area contributed by atoms with E-state index in [-0.39, 0.29) is 17.9 Å². The largest absolute Gasteiger partial charge is 0.340 e. The fourth-order valence-electron chi connectivity index (χ4n) is 3.45. The molecule has 3 rings (SSSR count). The maximum Gasteiger partial charge on any atom is 0.244 e. The van der Waals surface area contributed by atoms with Gasteiger partial charge in [-0.25, -0.2) is 0 Å². The zero-order chi connectivity index (χ0) is 17.8. The van der Waals surface area contributed by atoms with E-state index in [1.165, 1.54) is 0 Å². The predicted molar refractivity (Wildman–Crippen MR) is 95.1 cm³/mol. The monoisotopic (exact) mass is 342 g/mol. The third-order valence-electron chi connectivity index (χ3n) is 4.93. The molecular weight excluding hydrogens is 316 g/mol. The second-order valence-electron chi connectivity index (χ2n) is 6.68. The Morgan fingerprint density at radius 1 is 1.40 bits per heavy atom. The maximum absolute atomic E-state index is 13.3. The molecule has 0 saturated carbocycles. The molecule has 1 saturated heterocycles. The summed E-state index contributed by atoms with van der Waals surface area (Å²) < 4.78 is 5.11. The number of amides is 1. The lowest BCUT2D eigenvalue weighted by molar-refractivity contribution is -0.138. The van der Waals surface area contributed by atoms with Crippen LogP contribution in [0.5, 0.6) is 0 Å². The quantitative estimate of drug-likeness (QED) is 0.836. The number of aromatic nitrogens is 2. The van der Waals surface area contributed by atoms with Gasteiger partial charge in [-0.3, -0.25) is 9.69 Å². The van der Waals surface area contributed by atoms with Crippen molar-refractivity contribution in [2.45, 2.75) is 38.6 Å². The number of carbonyl (C=O) groups is 1. The first-order valence-electron chi connectivity index (χ1n) is 8.94. The molecule has 2 heterocycles. The molecule has 0 unspecified atom stereocenters.